The number of pyridine rings is 1. The minimum Gasteiger partial charge on any atom is -0.493 e. The predicted molar refractivity (Wildman–Crippen MR) is 111 cm³/mol. The molecule has 0 radical (unpaired) electrons. The van der Waals surface area contributed by atoms with Crippen LogP contribution in [0.15, 0.2) is 60.8 Å². The average molecular weight is 410 g/mol. The highest BCUT2D eigenvalue weighted by molar-refractivity contribution is 5.58. The number of aliphatic hydroxyl groups excluding tert-OH is 1. The number of methoxy groups -OCH3 is 1. The van der Waals surface area contributed by atoms with Gasteiger partial charge in [-0.05, 0) is 36.4 Å². The third kappa shape index (κ3) is 4.46. The molecule has 1 saturated heterocycles. The maximum Gasteiger partial charge on any atom is 0.213 e. The molecule has 6 nitrogen and oxygen atoms in total. The number of para-hydroxylation sites is 2. The summed E-state index contributed by atoms with van der Waals surface area (Å²) in [5, 5.41) is 9.91. The van der Waals surface area contributed by atoms with Crippen LogP contribution in [0.2, 0.25) is 0 Å². The monoisotopic (exact) mass is 410 g/mol. The molecule has 1 aliphatic rings. The molecule has 1 N–H and O–H groups in total. The van der Waals surface area contributed by atoms with Crippen LogP contribution in [0, 0.1) is 5.82 Å². The van der Waals surface area contributed by atoms with Crippen molar-refractivity contribution in [1.29, 1.82) is 0 Å². The molecule has 4 rings (SSSR count). The molecule has 0 saturated carbocycles. The van der Waals surface area contributed by atoms with Crippen molar-refractivity contribution < 1.29 is 23.7 Å². The van der Waals surface area contributed by atoms with E-state index in [0.717, 1.165) is 30.4 Å². The highest BCUT2D eigenvalue weighted by Crippen LogP contribution is 2.34. The molecule has 3 aromatic rings. The summed E-state index contributed by atoms with van der Waals surface area (Å²) in [6, 6.07) is 15.9. The molecule has 1 atom stereocenters. The highest BCUT2D eigenvalue weighted by atomic mass is 19.1. The van der Waals surface area contributed by atoms with E-state index in [1.54, 1.807) is 7.11 Å². The highest BCUT2D eigenvalue weighted by Gasteiger charge is 2.26. The molecule has 0 amide bonds. The lowest BCUT2D eigenvalue weighted by Gasteiger charge is -2.22. The standard InChI is InChI=1S/C23H23FN2O4/c1-28-21-4-2-3-5-22(21)29-18-7-8-20(16(12-18)15-27)26-11-10-19(14-26)30-23-9-6-17(24)13-25-23/h2-9,12-13,19,27H,10-11,14-15H2,1H3. The number of benzene rings is 2. The van der Waals surface area contributed by atoms with Gasteiger partial charge in [-0.25, -0.2) is 9.37 Å². The molecule has 156 valence electrons. The zero-order chi connectivity index (χ0) is 20.9. The van der Waals surface area contributed by atoms with Crippen molar-refractivity contribution >= 4 is 5.69 Å². The van der Waals surface area contributed by atoms with Crippen LogP contribution in [0.5, 0.6) is 23.1 Å². The predicted octanol–water partition coefficient (Wildman–Crippen LogP) is 4.17. The van der Waals surface area contributed by atoms with Crippen LogP contribution < -0.4 is 19.1 Å². The normalized spacial score (nSPS) is 15.8. The maximum atomic E-state index is 13.0. The van der Waals surface area contributed by atoms with Crippen LogP contribution >= 0.6 is 0 Å². The number of hydrogen-bond donors (Lipinski definition) is 1. The fourth-order valence-corrected chi connectivity index (χ4v) is 3.54. The largest absolute Gasteiger partial charge is 0.493 e. The van der Waals surface area contributed by atoms with E-state index in [1.807, 2.05) is 42.5 Å². The van der Waals surface area contributed by atoms with Crippen LogP contribution in [0.4, 0.5) is 10.1 Å². The van der Waals surface area contributed by atoms with Gasteiger partial charge in [0, 0.05) is 30.3 Å². The summed E-state index contributed by atoms with van der Waals surface area (Å²) in [5.41, 5.74) is 1.70. The van der Waals surface area contributed by atoms with Crippen LogP contribution in [-0.2, 0) is 6.61 Å². The number of halogens is 1. The summed E-state index contributed by atoms with van der Waals surface area (Å²) in [6.45, 7) is 1.32. The van der Waals surface area contributed by atoms with E-state index >= 15 is 0 Å². The van der Waals surface area contributed by atoms with Gasteiger partial charge in [0.15, 0.2) is 11.5 Å². The van der Waals surface area contributed by atoms with Gasteiger partial charge in [0.1, 0.15) is 17.7 Å². The first-order chi connectivity index (χ1) is 14.7. The second-order valence-corrected chi connectivity index (χ2v) is 6.99. The van der Waals surface area contributed by atoms with Crippen LogP contribution in [0.1, 0.15) is 12.0 Å². The Morgan fingerprint density at radius 1 is 1.13 bits per heavy atom. The molecule has 0 spiro atoms. The van der Waals surface area contributed by atoms with Gasteiger partial charge < -0.3 is 24.2 Å². The molecule has 2 aromatic carbocycles. The second-order valence-electron chi connectivity index (χ2n) is 6.99. The molecule has 0 aliphatic carbocycles. The SMILES string of the molecule is COc1ccccc1Oc1ccc(N2CCC(Oc3ccc(F)cn3)C2)c(CO)c1. The molecule has 1 aromatic heterocycles. The minimum absolute atomic E-state index is 0.0565. The Labute approximate surface area is 174 Å². The molecule has 2 heterocycles. The lowest BCUT2D eigenvalue weighted by atomic mass is 10.1. The van der Waals surface area contributed by atoms with Gasteiger partial charge in [0.05, 0.1) is 26.5 Å². The Balaban J connectivity index is 1.46. The molecular formula is C23H23FN2O4. The fourth-order valence-electron chi connectivity index (χ4n) is 3.54. The van der Waals surface area contributed by atoms with Crippen molar-refractivity contribution in [3.05, 3.63) is 72.2 Å². The lowest BCUT2D eigenvalue weighted by Crippen LogP contribution is -2.25. The number of nitrogens with zero attached hydrogens (tertiary/aromatic N) is 2. The van der Waals surface area contributed by atoms with E-state index in [-0.39, 0.29) is 12.7 Å². The minimum atomic E-state index is -0.390. The maximum absolute atomic E-state index is 13.0. The molecule has 7 heteroatoms. The topological polar surface area (TPSA) is 64.1 Å². The van der Waals surface area contributed by atoms with E-state index < -0.39 is 5.82 Å². The number of rotatable bonds is 7. The number of anilines is 1. The summed E-state index contributed by atoms with van der Waals surface area (Å²) in [6.07, 6.45) is 1.90. The van der Waals surface area contributed by atoms with E-state index in [9.17, 15) is 9.50 Å². The van der Waals surface area contributed by atoms with Crippen molar-refractivity contribution in [2.45, 2.75) is 19.1 Å². The number of aromatic nitrogens is 1. The van der Waals surface area contributed by atoms with E-state index in [2.05, 4.69) is 9.88 Å². The summed E-state index contributed by atoms with van der Waals surface area (Å²) < 4.78 is 30.2. The lowest BCUT2D eigenvalue weighted by molar-refractivity contribution is 0.215. The van der Waals surface area contributed by atoms with Gasteiger partial charge in [0.2, 0.25) is 5.88 Å². The first-order valence-electron chi connectivity index (χ1n) is 9.74. The van der Waals surface area contributed by atoms with Crippen molar-refractivity contribution in [1.82, 2.24) is 4.98 Å². The van der Waals surface area contributed by atoms with Gasteiger partial charge >= 0.3 is 0 Å². The summed E-state index contributed by atoms with van der Waals surface area (Å²) >= 11 is 0. The molecule has 0 bridgehead atoms. The van der Waals surface area contributed by atoms with Crippen molar-refractivity contribution in [3.8, 4) is 23.1 Å². The number of hydrogen-bond acceptors (Lipinski definition) is 6. The summed E-state index contributed by atoms with van der Waals surface area (Å²) in [4.78, 5) is 6.12. The Morgan fingerprint density at radius 3 is 2.70 bits per heavy atom. The van der Waals surface area contributed by atoms with Gasteiger partial charge in [0.25, 0.3) is 0 Å². The quantitative estimate of drug-likeness (QED) is 0.631. The van der Waals surface area contributed by atoms with Crippen LogP contribution in [-0.4, -0.2) is 36.4 Å². The molecule has 30 heavy (non-hydrogen) atoms. The molecule has 1 unspecified atom stereocenters. The zero-order valence-corrected chi connectivity index (χ0v) is 16.6. The third-order valence-corrected chi connectivity index (χ3v) is 4.99. The molecule has 1 aliphatic heterocycles. The fraction of sp³-hybridized carbons (Fsp3) is 0.261. The first-order valence-corrected chi connectivity index (χ1v) is 9.74. The number of aliphatic hydroxyl groups is 1. The third-order valence-electron chi connectivity index (χ3n) is 4.99. The van der Waals surface area contributed by atoms with Crippen molar-refractivity contribution in [2.24, 2.45) is 0 Å². The van der Waals surface area contributed by atoms with E-state index in [0.29, 0.717) is 29.7 Å². The molecular weight excluding hydrogens is 387 g/mol. The van der Waals surface area contributed by atoms with Crippen LogP contribution in [0.25, 0.3) is 0 Å². The van der Waals surface area contributed by atoms with E-state index in [1.165, 1.54) is 12.1 Å². The van der Waals surface area contributed by atoms with Gasteiger partial charge in [-0.3, -0.25) is 0 Å². The van der Waals surface area contributed by atoms with Gasteiger partial charge in [-0.15, -0.1) is 0 Å². The summed E-state index contributed by atoms with van der Waals surface area (Å²) in [5.74, 6) is 1.89. The summed E-state index contributed by atoms with van der Waals surface area (Å²) in [7, 11) is 1.60. The van der Waals surface area contributed by atoms with Crippen molar-refractivity contribution in [2.75, 3.05) is 25.1 Å². The Kier molecular flexibility index (Phi) is 5.99. The second kappa shape index (κ2) is 9.00. The Morgan fingerprint density at radius 2 is 1.97 bits per heavy atom. The number of ether oxygens (including phenoxy) is 3. The Hall–Kier alpha value is -3.32. The first kappa shape index (κ1) is 20.0. The zero-order valence-electron chi connectivity index (χ0n) is 16.6. The van der Waals surface area contributed by atoms with Crippen molar-refractivity contribution in [3.63, 3.8) is 0 Å². The van der Waals surface area contributed by atoms with Gasteiger partial charge in [-0.1, -0.05) is 12.1 Å². The van der Waals surface area contributed by atoms with Crippen LogP contribution in [0.3, 0.4) is 0 Å². The van der Waals surface area contributed by atoms with E-state index in [4.69, 9.17) is 14.2 Å². The molecule has 1 fully saturated rings. The smallest absolute Gasteiger partial charge is 0.213 e. The van der Waals surface area contributed by atoms with Gasteiger partial charge in [-0.2, -0.15) is 0 Å². The Bertz CT molecular complexity index is 997. The average Bonchev–Trinajstić information content (AvgIpc) is 3.24.